The molecule has 168 valence electrons. The second kappa shape index (κ2) is 10.9. The Labute approximate surface area is 182 Å². The third-order valence-electron chi connectivity index (χ3n) is 4.05. The van der Waals surface area contributed by atoms with Crippen molar-refractivity contribution >= 4 is 29.2 Å². The van der Waals surface area contributed by atoms with E-state index in [2.05, 4.69) is 5.32 Å². The summed E-state index contributed by atoms with van der Waals surface area (Å²) < 4.78 is 55.0. The maximum atomic E-state index is 13.1. The van der Waals surface area contributed by atoms with Gasteiger partial charge >= 0.3 is 12.1 Å². The van der Waals surface area contributed by atoms with Gasteiger partial charge in [0, 0.05) is 5.02 Å². The van der Waals surface area contributed by atoms with Crippen molar-refractivity contribution in [2.75, 3.05) is 25.6 Å². The first-order valence-corrected chi connectivity index (χ1v) is 9.68. The highest BCUT2D eigenvalue weighted by molar-refractivity contribution is 6.30. The van der Waals surface area contributed by atoms with Gasteiger partial charge in [-0.3, -0.25) is 4.79 Å². The summed E-state index contributed by atoms with van der Waals surface area (Å²) in [5.41, 5.74) is -1.51. The molecule has 1 N–H and O–H groups in total. The van der Waals surface area contributed by atoms with Gasteiger partial charge in [0.15, 0.2) is 18.1 Å². The monoisotopic (exact) mass is 459 g/mol. The average molecular weight is 460 g/mol. The minimum atomic E-state index is -4.72. The van der Waals surface area contributed by atoms with Crippen LogP contribution >= 0.6 is 11.6 Å². The van der Waals surface area contributed by atoms with Crippen LogP contribution in [0.25, 0.3) is 0 Å². The minimum absolute atomic E-state index is 0.0926. The first kappa shape index (κ1) is 24.3. The molecule has 0 saturated heterocycles. The van der Waals surface area contributed by atoms with Crippen molar-refractivity contribution in [1.29, 1.82) is 0 Å². The highest BCUT2D eigenvalue weighted by Crippen LogP contribution is 2.36. The van der Waals surface area contributed by atoms with Gasteiger partial charge in [0.2, 0.25) is 0 Å². The van der Waals surface area contributed by atoms with E-state index in [1.54, 1.807) is 0 Å². The molecule has 10 heteroatoms. The molecule has 0 radical (unpaired) electrons. The number of unbranched alkanes of at least 4 members (excludes halogenated alkanes) is 1. The van der Waals surface area contributed by atoms with Gasteiger partial charge in [-0.05, 0) is 42.8 Å². The molecule has 0 aliphatic rings. The number of carbonyl (C=O) groups excluding carboxylic acids is 2. The maximum Gasteiger partial charge on any atom is 0.418 e. The molecule has 2 aromatic rings. The molecule has 0 fully saturated rings. The van der Waals surface area contributed by atoms with E-state index in [-0.39, 0.29) is 10.6 Å². The molecular weight excluding hydrogens is 439 g/mol. The normalized spacial score (nSPS) is 11.0. The number of nitrogens with one attached hydrogen (secondary N) is 1. The lowest BCUT2D eigenvalue weighted by molar-refractivity contribution is -0.137. The van der Waals surface area contributed by atoms with E-state index >= 15 is 0 Å². The lowest BCUT2D eigenvalue weighted by atomic mass is 10.1. The first-order valence-electron chi connectivity index (χ1n) is 9.30. The van der Waals surface area contributed by atoms with Crippen LogP contribution in [0.4, 0.5) is 18.9 Å². The zero-order chi connectivity index (χ0) is 23.0. The van der Waals surface area contributed by atoms with Crippen molar-refractivity contribution in [3.8, 4) is 11.5 Å². The SMILES string of the molecule is CCCCOc1ccc(C(=O)OCC(=O)Nc2ccc(Cl)cc2C(F)(F)F)cc1OC. The standard InChI is InChI=1S/C21H21ClF3NO5/c1-3-4-9-30-17-8-5-13(10-18(17)29-2)20(28)31-12-19(27)26-16-7-6-14(22)11-15(16)21(23,24)25/h5-8,10-11H,3-4,9,12H2,1-2H3,(H,26,27). The Kier molecular flexibility index (Phi) is 8.56. The summed E-state index contributed by atoms with van der Waals surface area (Å²) in [6.45, 7) is 1.73. The summed E-state index contributed by atoms with van der Waals surface area (Å²) in [6.07, 6.45) is -2.91. The number of hydrogen-bond acceptors (Lipinski definition) is 5. The fourth-order valence-electron chi connectivity index (χ4n) is 2.50. The van der Waals surface area contributed by atoms with Crippen LogP contribution in [-0.4, -0.2) is 32.2 Å². The van der Waals surface area contributed by atoms with Gasteiger partial charge in [0.1, 0.15) is 0 Å². The third kappa shape index (κ3) is 7.06. The largest absolute Gasteiger partial charge is 0.493 e. The quantitative estimate of drug-likeness (QED) is 0.404. The lowest BCUT2D eigenvalue weighted by Gasteiger charge is -2.14. The zero-order valence-electron chi connectivity index (χ0n) is 16.8. The lowest BCUT2D eigenvalue weighted by Crippen LogP contribution is -2.22. The number of ether oxygens (including phenoxy) is 3. The summed E-state index contributed by atoms with van der Waals surface area (Å²) in [5.74, 6) is -1.02. The van der Waals surface area contributed by atoms with Crippen molar-refractivity contribution in [2.45, 2.75) is 25.9 Å². The second-order valence-corrected chi connectivity index (χ2v) is 6.82. The smallest absolute Gasteiger partial charge is 0.418 e. The van der Waals surface area contributed by atoms with Crippen molar-refractivity contribution in [2.24, 2.45) is 0 Å². The van der Waals surface area contributed by atoms with Gasteiger partial charge in [-0.2, -0.15) is 13.2 Å². The minimum Gasteiger partial charge on any atom is -0.493 e. The Morgan fingerprint density at radius 2 is 1.84 bits per heavy atom. The Morgan fingerprint density at radius 1 is 1.10 bits per heavy atom. The van der Waals surface area contributed by atoms with E-state index in [1.165, 1.54) is 31.4 Å². The van der Waals surface area contributed by atoms with Gasteiger partial charge in [-0.1, -0.05) is 24.9 Å². The van der Waals surface area contributed by atoms with Crippen LogP contribution < -0.4 is 14.8 Å². The van der Waals surface area contributed by atoms with Crippen molar-refractivity contribution in [1.82, 2.24) is 0 Å². The molecule has 6 nitrogen and oxygen atoms in total. The maximum absolute atomic E-state index is 13.1. The van der Waals surface area contributed by atoms with Gasteiger partial charge in [-0.15, -0.1) is 0 Å². The number of rotatable bonds is 9. The molecule has 31 heavy (non-hydrogen) atoms. The Bertz CT molecular complexity index is 934. The van der Waals surface area contributed by atoms with E-state index in [0.29, 0.717) is 24.2 Å². The number of amides is 1. The molecule has 0 aliphatic heterocycles. The average Bonchev–Trinajstić information content (AvgIpc) is 2.72. The number of halogens is 4. The van der Waals surface area contributed by atoms with Crippen molar-refractivity contribution in [3.63, 3.8) is 0 Å². The molecular formula is C21H21ClF3NO5. The molecule has 1 amide bonds. The molecule has 0 atom stereocenters. The van der Waals surface area contributed by atoms with E-state index in [0.717, 1.165) is 18.9 Å². The topological polar surface area (TPSA) is 73.9 Å². The zero-order valence-corrected chi connectivity index (χ0v) is 17.6. The molecule has 0 saturated carbocycles. The molecule has 0 bridgehead atoms. The Morgan fingerprint density at radius 3 is 2.48 bits per heavy atom. The summed E-state index contributed by atoms with van der Waals surface area (Å²) in [6, 6.07) is 7.28. The number of hydrogen-bond donors (Lipinski definition) is 1. The fraction of sp³-hybridized carbons (Fsp3) is 0.333. The van der Waals surface area contributed by atoms with Gasteiger partial charge < -0.3 is 19.5 Å². The van der Waals surface area contributed by atoms with E-state index in [1.807, 2.05) is 6.92 Å². The van der Waals surface area contributed by atoms with Crippen LogP contribution in [0.1, 0.15) is 35.7 Å². The number of benzene rings is 2. The van der Waals surface area contributed by atoms with Crippen LogP contribution in [0, 0.1) is 0 Å². The number of methoxy groups -OCH3 is 1. The number of alkyl halides is 3. The molecule has 0 heterocycles. The summed E-state index contributed by atoms with van der Waals surface area (Å²) >= 11 is 5.60. The number of anilines is 1. The van der Waals surface area contributed by atoms with Crippen molar-refractivity contribution < 1.29 is 37.0 Å². The molecule has 0 aromatic heterocycles. The number of esters is 1. The molecule has 2 aromatic carbocycles. The van der Waals surface area contributed by atoms with E-state index in [9.17, 15) is 22.8 Å². The summed E-state index contributed by atoms with van der Waals surface area (Å²) in [7, 11) is 1.41. The van der Waals surface area contributed by atoms with Crippen LogP contribution in [0.2, 0.25) is 5.02 Å². The Hall–Kier alpha value is -2.94. The van der Waals surface area contributed by atoms with Crippen LogP contribution in [0.15, 0.2) is 36.4 Å². The summed E-state index contributed by atoms with van der Waals surface area (Å²) in [5, 5.41) is 1.94. The van der Waals surface area contributed by atoms with Crippen LogP contribution in [0.5, 0.6) is 11.5 Å². The number of carbonyl (C=O) groups is 2. The van der Waals surface area contributed by atoms with Gasteiger partial charge in [0.05, 0.1) is 30.5 Å². The fourth-order valence-corrected chi connectivity index (χ4v) is 2.67. The molecule has 2 rings (SSSR count). The van der Waals surface area contributed by atoms with E-state index < -0.39 is 35.9 Å². The Balaban J connectivity index is 2.01. The molecule has 0 unspecified atom stereocenters. The first-order chi connectivity index (χ1) is 14.7. The molecule has 0 spiro atoms. The van der Waals surface area contributed by atoms with Crippen LogP contribution in [-0.2, 0) is 15.7 Å². The third-order valence-corrected chi connectivity index (χ3v) is 4.29. The second-order valence-electron chi connectivity index (χ2n) is 6.38. The van der Waals surface area contributed by atoms with E-state index in [4.69, 9.17) is 25.8 Å². The highest BCUT2D eigenvalue weighted by atomic mass is 35.5. The van der Waals surface area contributed by atoms with Crippen molar-refractivity contribution in [3.05, 3.63) is 52.5 Å². The van der Waals surface area contributed by atoms with Crippen LogP contribution in [0.3, 0.4) is 0 Å². The predicted molar refractivity (Wildman–Crippen MR) is 109 cm³/mol. The predicted octanol–water partition coefficient (Wildman–Crippen LogP) is 5.34. The van der Waals surface area contributed by atoms with Gasteiger partial charge in [0.25, 0.3) is 5.91 Å². The highest BCUT2D eigenvalue weighted by Gasteiger charge is 2.34. The van der Waals surface area contributed by atoms with Gasteiger partial charge in [-0.25, -0.2) is 4.79 Å². The summed E-state index contributed by atoms with van der Waals surface area (Å²) in [4.78, 5) is 24.2. The molecule has 0 aliphatic carbocycles.